The van der Waals surface area contributed by atoms with Crippen LogP contribution in [0.4, 0.5) is 0 Å². The van der Waals surface area contributed by atoms with Gasteiger partial charge in [0.25, 0.3) is 0 Å². The predicted molar refractivity (Wildman–Crippen MR) is 64.2 cm³/mol. The Morgan fingerprint density at radius 1 is 1.50 bits per heavy atom. The summed E-state index contributed by atoms with van der Waals surface area (Å²) in [6, 6.07) is 0.361. The number of aliphatic hydroxyl groups is 1. The van der Waals surface area contributed by atoms with Crippen LogP contribution in [0.5, 0.6) is 0 Å². The number of rotatable bonds is 4. The van der Waals surface area contributed by atoms with Crippen LogP contribution in [0.3, 0.4) is 0 Å². The molecular formula is C12H24N2O2. The van der Waals surface area contributed by atoms with Crippen molar-refractivity contribution in [3.63, 3.8) is 0 Å². The van der Waals surface area contributed by atoms with Crippen LogP contribution >= 0.6 is 0 Å². The van der Waals surface area contributed by atoms with E-state index >= 15 is 0 Å². The summed E-state index contributed by atoms with van der Waals surface area (Å²) < 4.78 is 0. The summed E-state index contributed by atoms with van der Waals surface area (Å²) in [4.78, 5) is 13.6. The summed E-state index contributed by atoms with van der Waals surface area (Å²) in [5.74, 6) is 0.0671. The molecule has 0 saturated carbocycles. The molecule has 0 aromatic rings. The van der Waals surface area contributed by atoms with Crippen LogP contribution in [0.1, 0.15) is 39.0 Å². The molecule has 1 amide bonds. The van der Waals surface area contributed by atoms with Gasteiger partial charge in [-0.05, 0) is 32.7 Å². The number of aliphatic hydroxyl groups excluding tert-OH is 1. The lowest BCUT2D eigenvalue weighted by Gasteiger charge is -2.30. The maximum absolute atomic E-state index is 11.4. The van der Waals surface area contributed by atoms with Gasteiger partial charge < -0.3 is 10.4 Å². The maximum Gasteiger partial charge on any atom is 0.233 e. The maximum atomic E-state index is 11.4. The van der Waals surface area contributed by atoms with Gasteiger partial charge in [0.2, 0.25) is 5.91 Å². The van der Waals surface area contributed by atoms with Crippen LogP contribution in [-0.2, 0) is 4.79 Å². The first kappa shape index (κ1) is 13.5. The van der Waals surface area contributed by atoms with E-state index in [1.165, 1.54) is 12.8 Å². The monoisotopic (exact) mass is 228 g/mol. The zero-order valence-electron chi connectivity index (χ0n) is 10.4. The highest BCUT2D eigenvalue weighted by molar-refractivity contribution is 5.77. The SMILES string of the molecule is CNC(=O)CN1CCCCCC1CC(C)O. The molecule has 1 saturated heterocycles. The van der Waals surface area contributed by atoms with E-state index in [0.717, 1.165) is 25.8 Å². The molecule has 0 spiro atoms. The lowest BCUT2D eigenvalue weighted by atomic mass is 10.0. The number of hydrogen-bond donors (Lipinski definition) is 2. The lowest BCUT2D eigenvalue weighted by Crippen LogP contribution is -2.43. The molecule has 1 rings (SSSR count). The Hall–Kier alpha value is -0.610. The molecule has 16 heavy (non-hydrogen) atoms. The molecule has 1 aliphatic rings. The third-order valence-corrected chi connectivity index (χ3v) is 3.24. The van der Waals surface area contributed by atoms with E-state index in [9.17, 15) is 9.90 Å². The largest absolute Gasteiger partial charge is 0.393 e. The van der Waals surface area contributed by atoms with Crippen LogP contribution in [0, 0.1) is 0 Å². The first-order chi connectivity index (χ1) is 7.63. The van der Waals surface area contributed by atoms with Crippen molar-refractivity contribution < 1.29 is 9.90 Å². The van der Waals surface area contributed by atoms with Gasteiger partial charge in [-0.3, -0.25) is 9.69 Å². The number of nitrogens with zero attached hydrogens (tertiary/aromatic N) is 1. The summed E-state index contributed by atoms with van der Waals surface area (Å²) in [6.07, 6.45) is 5.20. The molecule has 0 radical (unpaired) electrons. The van der Waals surface area contributed by atoms with Crippen LogP contribution in [0.15, 0.2) is 0 Å². The molecule has 94 valence electrons. The van der Waals surface area contributed by atoms with Crippen molar-refractivity contribution in [2.75, 3.05) is 20.1 Å². The second-order valence-electron chi connectivity index (χ2n) is 4.73. The van der Waals surface area contributed by atoms with E-state index in [0.29, 0.717) is 12.6 Å². The standard InChI is InChI=1S/C12H24N2O2/c1-10(15)8-11-6-4-3-5-7-14(11)9-12(16)13-2/h10-11,15H,3-9H2,1-2H3,(H,13,16). The Morgan fingerprint density at radius 3 is 2.88 bits per heavy atom. The molecule has 1 aliphatic heterocycles. The van der Waals surface area contributed by atoms with E-state index in [1.807, 2.05) is 6.92 Å². The average molecular weight is 228 g/mol. The van der Waals surface area contributed by atoms with Gasteiger partial charge in [0.05, 0.1) is 12.6 Å². The Labute approximate surface area is 98.0 Å². The van der Waals surface area contributed by atoms with Crippen LogP contribution in [-0.4, -0.2) is 48.2 Å². The topological polar surface area (TPSA) is 52.6 Å². The molecule has 1 fully saturated rings. The fourth-order valence-electron chi connectivity index (χ4n) is 2.37. The van der Waals surface area contributed by atoms with Crippen molar-refractivity contribution in [1.29, 1.82) is 0 Å². The van der Waals surface area contributed by atoms with Crippen LogP contribution < -0.4 is 5.32 Å². The minimum atomic E-state index is -0.282. The molecule has 0 aliphatic carbocycles. The van der Waals surface area contributed by atoms with Gasteiger partial charge >= 0.3 is 0 Å². The zero-order chi connectivity index (χ0) is 12.0. The summed E-state index contributed by atoms with van der Waals surface area (Å²) in [5, 5.41) is 12.1. The van der Waals surface area contributed by atoms with Gasteiger partial charge in [0.1, 0.15) is 0 Å². The third kappa shape index (κ3) is 4.49. The molecule has 2 unspecified atom stereocenters. The van der Waals surface area contributed by atoms with Gasteiger partial charge in [-0.25, -0.2) is 0 Å². The molecular weight excluding hydrogens is 204 g/mol. The summed E-state index contributed by atoms with van der Waals surface area (Å²) >= 11 is 0. The highest BCUT2D eigenvalue weighted by Gasteiger charge is 2.23. The fourth-order valence-corrected chi connectivity index (χ4v) is 2.37. The van der Waals surface area contributed by atoms with Gasteiger partial charge in [-0.2, -0.15) is 0 Å². The third-order valence-electron chi connectivity index (χ3n) is 3.24. The summed E-state index contributed by atoms with van der Waals surface area (Å²) in [6.45, 7) is 3.27. The molecule has 1 heterocycles. The van der Waals surface area contributed by atoms with Crippen molar-refractivity contribution in [1.82, 2.24) is 10.2 Å². The van der Waals surface area contributed by atoms with Crippen molar-refractivity contribution in [3.8, 4) is 0 Å². The second-order valence-corrected chi connectivity index (χ2v) is 4.73. The lowest BCUT2D eigenvalue weighted by molar-refractivity contribution is -0.122. The molecule has 0 aromatic carbocycles. The van der Waals surface area contributed by atoms with E-state index in [4.69, 9.17) is 0 Å². The number of carbonyl (C=O) groups excluding carboxylic acids is 1. The first-order valence-corrected chi connectivity index (χ1v) is 6.26. The number of hydrogen-bond acceptors (Lipinski definition) is 3. The Kier molecular flexibility index (Phi) is 5.77. The fraction of sp³-hybridized carbons (Fsp3) is 0.917. The highest BCUT2D eigenvalue weighted by atomic mass is 16.3. The van der Waals surface area contributed by atoms with Crippen LogP contribution in [0.25, 0.3) is 0 Å². The highest BCUT2D eigenvalue weighted by Crippen LogP contribution is 2.20. The number of likely N-dealkylation sites (N-methyl/N-ethyl adjacent to an activating group) is 1. The number of likely N-dealkylation sites (tertiary alicyclic amines) is 1. The number of carbonyl (C=O) groups is 1. The molecule has 2 N–H and O–H groups in total. The quantitative estimate of drug-likeness (QED) is 0.746. The molecule has 0 aromatic heterocycles. The van der Waals surface area contributed by atoms with Gasteiger partial charge in [-0.15, -0.1) is 0 Å². The van der Waals surface area contributed by atoms with E-state index in [1.54, 1.807) is 7.05 Å². The van der Waals surface area contributed by atoms with Crippen molar-refractivity contribution in [2.45, 2.75) is 51.2 Å². The summed E-state index contributed by atoms with van der Waals surface area (Å²) in [5.41, 5.74) is 0. The van der Waals surface area contributed by atoms with Gasteiger partial charge in [0.15, 0.2) is 0 Å². The minimum absolute atomic E-state index is 0.0671. The van der Waals surface area contributed by atoms with Gasteiger partial charge in [-0.1, -0.05) is 12.8 Å². The van der Waals surface area contributed by atoms with E-state index in [-0.39, 0.29) is 12.0 Å². The number of nitrogens with one attached hydrogen (secondary N) is 1. The predicted octanol–water partition coefficient (Wildman–Crippen LogP) is 0.748. The summed E-state index contributed by atoms with van der Waals surface area (Å²) in [7, 11) is 1.67. The molecule has 2 atom stereocenters. The number of amides is 1. The first-order valence-electron chi connectivity index (χ1n) is 6.26. The smallest absolute Gasteiger partial charge is 0.233 e. The van der Waals surface area contributed by atoms with Crippen molar-refractivity contribution in [2.24, 2.45) is 0 Å². The van der Waals surface area contributed by atoms with Crippen molar-refractivity contribution in [3.05, 3.63) is 0 Å². The normalized spacial score (nSPS) is 24.8. The Morgan fingerprint density at radius 2 is 2.25 bits per heavy atom. The average Bonchev–Trinajstić information content (AvgIpc) is 2.44. The zero-order valence-corrected chi connectivity index (χ0v) is 10.4. The molecule has 4 heteroatoms. The Balaban J connectivity index is 2.54. The van der Waals surface area contributed by atoms with E-state index in [2.05, 4.69) is 10.2 Å². The second kappa shape index (κ2) is 6.86. The molecule has 4 nitrogen and oxygen atoms in total. The molecule has 0 bridgehead atoms. The minimum Gasteiger partial charge on any atom is -0.393 e. The van der Waals surface area contributed by atoms with Gasteiger partial charge in [0, 0.05) is 13.1 Å². The Bertz CT molecular complexity index is 219. The van der Waals surface area contributed by atoms with Crippen molar-refractivity contribution >= 4 is 5.91 Å². The van der Waals surface area contributed by atoms with E-state index < -0.39 is 0 Å². The van der Waals surface area contributed by atoms with Crippen LogP contribution in [0.2, 0.25) is 0 Å².